The van der Waals surface area contributed by atoms with Gasteiger partial charge in [-0.05, 0) is 50.6 Å². The fourth-order valence-corrected chi connectivity index (χ4v) is 5.38. The van der Waals surface area contributed by atoms with Crippen molar-refractivity contribution in [1.29, 1.82) is 0 Å². The molecule has 3 aliphatic carbocycles. The van der Waals surface area contributed by atoms with Crippen molar-refractivity contribution in [3.63, 3.8) is 0 Å². The van der Waals surface area contributed by atoms with E-state index in [1.54, 1.807) is 14.1 Å². The molecule has 0 aliphatic heterocycles. The number of phenolic OH excluding ortho intramolecular Hbond substituents is 1. The van der Waals surface area contributed by atoms with Gasteiger partial charge in [-0.3, -0.25) is 19.3 Å². The van der Waals surface area contributed by atoms with Gasteiger partial charge in [0.25, 0.3) is 5.91 Å². The smallest absolute Gasteiger partial charge is 0.255 e. The number of ketones is 2. The number of rotatable bonds is 2. The summed E-state index contributed by atoms with van der Waals surface area (Å²) in [4.78, 5) is 39.9. The molecular formula is C23H22N2O7. The third-order valence-corrected chi connectivity index (χ3v) is 6.76. The van der Waals surface area contributed by atoms with Gasteiger partial charge in [0.2, 0.25) is 5.78 Å². The first kappa shape index (κ1) is 21.6. The number of Topliss-reactive ketones (excluding diaryl/α,β-unsaturated/α-hetero) is 2. The zero-order valence-electron chi connectivity index (χ0n) is 17.4. The minimum absolute atomic E-state index is 0.0169. The van der Waals surface area contributed by atoms with E-state index in [0.29, 0.717) is 11.1 Å². The Labute approximate surface area is 183 Å². The SMILES string of the molecule is C#Cc1ccc(O)c2c1CC1CC3C(N(C)C)C(=O)C(C(N)=O)=C(O)[C@@]3(O)C(=O)C1=C2O. The van der Waals surface area contributed by atoms with E-state index in [1.807, 2.05) is 0 Å². The molecule has 0 bridgehead atoms. The Morgan fingerprint density at radius 3 is 2.47 bits per heavy atom. The van der Waals surface area contributed by atoms with Crippen molar-refractivity contribution >= 4 is 23.2 Å². The summed E-state index contributed by atoms with van der Waals surface area (Å²) >= 11 is 0. The molecule has 3 unspecified atom stereocenters. The van der Waals surface area contributed by atoms with Crippen LogP contribution >= 0.6 is 0 Å². The van der Waals surface area contributed by atoms with Gasteiger partial charge in [0.05, 0.1) is 11.6 Å². The summed E-state index contributed by atoms with van der Waals surface area (Å²) in [5.41, 5.74) is 2.46. The first-order chi connectivity index (χ1) is 15.0. The first-order valence-electron chi connectivity index (χ1n) is 9.93. The molecular weight excluding hydrogens is 416 g/mol. The maximum Gasteiger partial charge on any atom is 0.255 e. The van der Waals surface area contributed by atoms with Crippen molar-refractivity contribution in [3.8, 4) is 18.1 Å². The van der Waals surface area contributed by atoms with Gasteiger partial charge in [0.15, 0.2) is 11.4 Å². The molecule has 1 aromatic rings. The highest BCUT2D eigenvalue weighted by atomic mass is 16.3. The lowest BCUT2D eigenvalue weighted by atomic mass is 9.57. The van der Waals surface area contributed by atoms with Crippen LogP contribution in [0.4, 0.5) is 0 Å². The molecule has 0 aromatic heterocycles. The normalized spacial score (nSPS) is 29.4. The van der Waals surface area contributed by atoms with Gasteiger partial charge >= 0.3 is 0 Å². The van der Waals surface area contributed by atoms with Crippen LogP contribution in [0.1, 0.15) is 23.1 Å². The number of nitrogens with two attached hydrogens (primary N) is 1. The van der Waals surface area contributed by atoms with E-state index in [2.05, 4.69) is 5.92 Å². The summed E-state index contributed by atoms with van der Waals surface area (Å²) in [6.07, 6.45) is 5.75. The number of amides is 1. The largest absolute Gasteiger partial charge is 0.508 e. The molecule has 1 saturated carbocycles. The molecule has 0 saturated heterocycles. The number of aromatic hydroxyl groups is 1. The molecule has 1 amide bonds. The van der Waals surface area contributed by atoms with E-state index in [9.17, 15) is 34.8 Å². The summed E-state index contributed by atoms with van der Waals surface area (Å²) in [6.45, 7) is 0. The molecule has 166 valence electrons. The fraction of sp³-hybridized carbons (Fsp3) is 0.348. The average Bonchev–Trinajstić information content (AvgIpc) is 2.70. The van der Waals surface area contributed by atoms with E-state index in [4.69, 9.17) is 12.2 Å². The van der Waals surface area contributed by atoms with Crippen molar-refractivity contribution < 1.29 is 34.8 Å². The number of hydrogen-bond donors (Lipinski definition) is 5. The van der Waals surface area contributed by atoms with Crippen LogP contribution in [0.5, 0.6) is 5.75 Å². The van der Waals surface area contributed by atoms with E-state index in [-0.39, 0.29) is 29.7 Å². The second-order valence-electron chi connectivity index (χ2n) is 8.59. The predicted octanol–water partition coefficient (Wildman–Crippen LogP) is -0.0547. The second-order valence-corrected chi connectivity index (χ2v) is 8.59. The molecule has 4 atom stereocenters. The highest BCUT2D eigenvalue weighted by Gasteiger charge is 2.64. The number of nitrogens with zero attached hydrogens (tertiary/aromatic N) is 1. The molecule has 3 aliphatic rings. The molecule has 9 heteroatoms. The summed E-state index contributed by atoms with van der Waals surface area (Å²) < 4.78 is 0. The lowest BCUT2D eigenvalue weighted by Gasteiger charge is -2.50. The Hall–Kier alpha value is -3.61. The maximum absolute atomic E-state index is 13.6. The number of likely N-dealkylation sites (N-methyl/N-ethyl adjacent to an activating group) is 1. The number of aliphatic hydroxyl groups excluding tert-OH is 2. The number of phenols is 1. The monoisotopic (exact) mass is 438 g/mol. The molecule has 0 radical (unpaired) electrons. The average molecular weight is 438 g/mol. The van der Waals surface area contributed by atoms with Crippen LogP contribution in [0.3, 0.4) is 0 Å². The Balaban J connectivity index is 2.00. The Kier molecular flexibility index (Phi) is 4.69. The minimum Gasteiger partial charge on any atom is -0.508 e. The van der Waals surface area contributed by atoms with Gasteiger partial charge in [-0.1, -0.05) is 5.92 Å². The van der Waals surface area contributed by atoms with Crippen LogP contribution in [0.15, 0.2) is 29.0 Å². The number of carbonyl (C=O) groups is 3. The van der Waals surface area contributed by atoms with Crippen molar-refractivity contribution in [2.45, 2.75) is 24.5 Å². The van der Waals surface area contributed by atoms with Gasteiger partial charge in [-0.2, -0.15) is 0 Å². The molecule has 0 spiro atoms. The number of terminal acetylenes is 1. The van der Waals surface area contributed by atoms with Crippen molar-refractivity contribution in [3.05, 3.63) is 45.7 Å². The summed E-state index contributed by atoms with van der Waals surface area (Å²) in [6, 6.07) is 1.69. The number of primary amides is 1. The lowest BCUT2D eigenvalue weighted by molar-refractivity contribution is -0.153. The summed E-state index contributed by atoms with van der Waals surface area (Å²) in [5, 5.41) is 43.5. The van der Waals surface area contributed by atoms with E-state index in [0.717, 1.165) is 0 Å². The second kappa shape index (κ2) is 6.95. The summed E-state index contributed by atoms with van der Waals surface area (Å²) in [7, 11) is 3.09. The lowest BCUT2D eigenvalue weighted by Crippen LogP contribution is -2.65. The molecule has 1 aromatic carbocycles. The van der Waals surface area contributed by atoms with Crippen molar-refractivity contribution in [1.82, 2.24) is 4.90 Å². The number of carbonyl (C=O) groups excluding carboxylic acids is 3. The molecule has 4 rings (SSSR count). The van der Waals surface area contributed by atoms with E-state index < -0.39 is 58.0 Å². The Bertz CT molecular complexity index is 1200. The highest BCUT2D eigenvalue weighted by Crippen LogP contribution is 2.52. The molecule has 6 N–H and O–H groups in total. The summed E-state index contributed by atoms with van der Waals surface area (Å²) in [5.74, 6) is -4.37. The predicted molar refractivity (Wildman–Crippen MR) is 112 cm³/mol. The van der Waals surface area contributed by atoms with E-state index >= 15 is 0 Å². The number of hydrogen-bond acceptors (Lipinski definition) is 8. The minimum atomic E-state index is -2.65. The van der Waals surface area contributed by atoms with Gasteiger partial charge in [0.1, 0.15) is 22.8 Å². The van der Waals surface area contributed by atoms with Crippen LogP contribution in [-0.4, -0.2) is 68.5 Å². The third-order valence-electron chi connectivity index (χ3n) is 6.76. The van der Waals surface area contributed by atoms with Gasteiger partial charge in [-0.15, -0.1) is 6.42 Å². The van der Waals surface area contributed by atoms with E-state index in [1.165, 1.54) is 17.0 Å². The van der Waals surface area contributed by atoms with Crippen LogP contribution in [0.2, 0.25) is 0 Å². The Morgan fingerprint density at radius 1 is 1.25 bits per heavy atom. The molecule has 1 fully saturated rings. The number of fused-ring (bicyclic) bond motifs is 3. The van der Waals surface area contributed by atoms with Crippen molar-refractivity contribution in [2.24, 2.45) is 17.6 Å². The maximum atomic E-state index is 13.6. The first-order valence-corrected chi connectivity index (χ1v) is 9.93. The topological polar surface area (TPSA) is 161 Å². The number of aliphatic hydroxyl groups is 3. The van der Waals surface area contributed by atoms with Gasteiger partial charge in [0, 0.05) is 17.1 Å². The van der Waals surface area contributed by atoms with Crippen LogP contribution in [-0.2, 0) is 20.8 Å². The number of benzene rings is 1. The van der Waals surface area contributed by atoms with Crippen LogP contribution in [0, 0.1) is 24.2 Å². The molecule has 32 heavy (non-hydrogen) atoms. The van der Waals surface area contributed by atoms with Crippen molar-refractivity contribution in [2.75, 3.05) is 14.1 Å². The zero-order valence-corrected chi connectivity index (χ0v) is 17.4. The standard InChI is InChI=1S/C23H22N2O7/c1-4-9-5-6-13(26)15-11(9)7-10-8-12-17(25(2)3)19(28)16(22(24)31)21(30)23(12,32)20(29)14(10)18(15)27/h1,5-6,10,12,17,26-27,30,32H,7-8H2,2-3H3,(H2,24,31)/t10?,12?,17?,23-/m0/s1. The molecule has 0 heterocycles. The third kappa shape index (κ3) is 2.57. The highest BCUT2D eigenvalue weighted by molar-refractivity contribution is 6.24. The van der Waals surface area contributed by atoms with Crippen LogP contribution in [0.25, 0.3) is 5.76 Å². The fourth-order valence-electron chi connectivity index (χ4n) is 5.38. The molecule has 9 nitrogen and oxygen atoms in total. The quantitative estimate of drug-likeness (QED) is 0.317. The Morgan fingerprint density at radius 2 is 1.91 bits per heavy atom. The zero-order chi connectivity index (χ0) is 23.7. The van der Waals surface area contributed by atoms with Crippen LogP contribution < -0.4 is 5.73 Å². The van der Waals surface area contributed by atoms with Gasteiger partial charge in [-0.25, -0.2) is 0 Å². The van der Waals surface area contributed by atoms with Gasteiger partial charge < -0.3 is 26.2 Å².